The van der Waals surface area contributed by atoms with Gasteiger partial charge >= 0.3 is 24.2 Å². The summed E-state index contributed by atoms with van der Waals surface area (Å²) >= 11 is 6.76. The Balaban J connectivity index is 1.68. The predicted octanol–water partition coefficient (Wildman–Crippen LogP) is 1.68. The Bertz CT molecular complexity index is 1850. The summed E-state index contributed by atoms with van der Waals surface area (Å²) in [5.41, 5.74) is 2.97. The number of benzene rings is 1. The maximum absolute atomic E-state index is 15.0. The molecule has 7 N–H and O–H groups in total. The zero-order chi connectivity index (χ0) is 43.6. The highest BCUT2D eigenvalue weighted by Crippen LogP contribution is 2.49. The van der Waals surface area contributed by atoms with Crippen molar-refractivity contribution in [1.82, 2.24) is 10.6 Å². The quantitative estimate of drug-likeness (QED) is 0.129. The predicted molar refractivity (Wildman–Crippen MR) is 204 cm³/mol. The summed E-state index contributed by atoms with van der Waals surface area (Å²) in [6, 6.07) is 2.85. The minimum atomic E-state index is -1.92. The topological polar surface area (TPSA) is 276 Å². The van der Waals surface area contributed by atoms with E-state index in [4.69, 9.17) is 55.2 Å². The van der Waals surface area contributed by atoms with Crippen LogP contribution in [0.15, 0.2) is 35.9 Å². The summed E-state index contributed by atoms with van der Waals surface area (Å²) in [6.07, 6.45) is -11.0. The second-order valence-electron chi connectivity index (χ2n) is 15.0. The van der Waals surface area contributed by atoms with E-state index in [0.29, 0.717) is 11.1 Å². The number of aromatic hydroxyl groups is 1. The van der Waals surface area contributed by atoms with Gasteiger partial charge in [-0.1, -0.05) is 42.3 Å². The van der Waals surface area contributed by atoms with Crippen LogP contribution in [0.5, 0.6) is 5.75 Å². The third-order valence-corrected chi connectivity index (χ3v) is 11.2. The number of epoxide rings is 1. The number of carbonyl (C=O) groups excluding carboxylic acids is 5. The van der Waals surface area contributed by atoms with Crippen LogP contribution in [0, 0.1) is 5.92 Å². The van der Waals surface area contributed by atoms with E-state index < -0.39 is 121 Å². The number of amides is 4. The van der Waals surface area contributed by atoms with Crippen molar-refractivity contribution in [3.05, 3.63) is 46.5 Å². The van der Waals surface area contributed by atoms with E-state index >= 15 is 4.79 Å². The smallest absolute Gasteiger partial charge is 0.409 e. The number of halogens is 1. The van der Waals surface area contributed by atoms with Gasteiger partial charge in [0.25, 0.3) is 0 Å². The van der Waals surface area contributed by atoms with Gasteiger partial charge < -0.3 is 64.3 Å². The molecule has 4 bridgehead atoms. The van der Waals surface area contributed by atoms with Crippen LogP contribution in [-0.4, -0.2) is 140 Å². The van der Waals surface area contributed by atoms with Crippen LogP contribution in [0.1, 0.15) is 46.1 Å². The second-order valence-corrected chi connectivity index (χ2v) is 15.4. The molecule has 0 spiro atoms. The van der Waals surface area contributed by atoms with Crippen LogP contribution in [0.2, 0.25) is 5.02 Å². The highest BCUT2D eigenvalue weighted by atomic mass is 35.5. The first-order valence-electron chi connectivity index (χ1n) is 18.7. The van der Waals surface area contributed by atoms with Crippen molar-refractivity contribution in [2.75, 3.05) is 32.8 Å². The molecule has 4 aliphatic rings. The molecule has 1 aromatic rings. The number of hydrogen-bond acceptors (Lipinski definition) is 16. The lowest BCUT2D eigenvalue weighted by Crippen LogP contribution is -2.66. The molecule has 0 unspecified atom stereocenters. The number of carbonyl (C=O) groups is 5. The molecule has 4 amide bonds. The SMILES string of the molecule is CNC(=O)O[C@H]1CC(=O)N([C@H]2O[C@@H](COC(C)=O)[C@H](OC(N)=O)[C@@H](OC)[C@@H]2O)c2cc(cc(O)c2Cl)CC(C)=CC=C[C@@H](OC)[C@@]2(O)C[C@H](OC(=O)N2)[C@@H](C)[C@@H]2O[C@@]12C. The fourth-order valence-electron chi connectivity index (χ4n) is 7.83. The van der Waals surface area contributed by atoms with E-state index in [1.54, 1.807) is 39.0 Å². The number of phenolic OH excluding ortho intramolecular Hbond substituents is 1. The summed E-state index contributed by atoms with van der Waals surface area (Å²) in [7, 11) is 3.87. The summed E-state index contributed by atoms with van der Waals surface area (Å²) in [6.45, 7) is 5.63. The summed E-state index contributed by atoms with van der Waals surface area (Å²) in [4.78, 5) is 65.6. The van der Waals surface area contributed by atoms with Crippen LogP contribution in [0.3, 0.4) is 0 Å². The first-order chi connectivity index (χ1) is 27.8. The van der Waals surface area contributed by atoms with E-state index in [1.165, 1.54) is 33.4 Å². The number of rotatable bonds is 7. The van der Waals surface area contributed by atoms with E-state index in [2.05, 4.69) is 10.6 Å². The van der Waals surface area contributed by atoms with Gasteiger partial charge in [0, 0.05) is 40.5 Å². The molecule has 3 fully saturated rings. The molecule has 0 aliphatic carbocycles. The summed E-state index contributed by atoms with van der Waals surface area (Å²) in [5.74, 6) is -2.75. The van der Waals surface area contributed by atoms with E-state index in [1.807, 2.05) is 0 Å². The highest BCUT2D eigenvalue weighted by molar-refractivity contribution is 6.35. The Morgan fingerprint density at radius 2 is 1.86 bits per heavy atom. The van der Waals surface area contributed by atoms with Gasteiger partial charge in [-0.25, -0.2) is 14.4 Å². The van der Waals surface area contributed by atoms with Gasteiger partial charge in [0.05, 0.1) is 18.2 Å². The van der Waals surface area contributed by atoms with Crippen molar-refractivity contribution in [3.63, 3.8) is 0 Å². The maximum atomic E-state index is 15.0. The molecule has 326 valence electrons. The number of anilines is 1. The second kappa shape index (κ2) is 18.3. The van der Waals surface area contributed by atoms with Crippen LogP contribution in [0.4, 0.5) is 20.1 Å². The Kier molecular flexibility index (Phi) is 14.1. The lowest BCUT2D eigenvalue weighted by molar-refractivity contribution is -0.236. The number of methoxy groups -OCH3 is 2. The zero-order valence-corrected chi connectivity index (χ0v) is 34.3. The number of nitrogens with zero attached hydrogens (tertiary/aromatic N) is 1. The monoisotopic (exact) mass is 854 g/mol. The van der Waals surface area contributed by atoms with Gasteiger partial charge in [0.2, 0.25) is 5.91 Å². The van der Waals surface area contributed by atoms with E-state index in [-0.39, 0.29) is 23.6 Å². The maximum Gasteiger partial charge on any atom is 0.409 e. The fourth-order valence-corrected chi connectivity index (χ4v) is 8.03. The number of alkyl carbamates (subject to hydrolysis) is 2. The van der Waals surface area contributed by atoms with Gasteiger partial charge in [-0.3, -0.25) is 19.8 Å². The largest absolute Gasteiger partial charge is 0.506 e. The lowest BCUT2D eigenvalue weighted by atomic mass is 9.83. The molecule has 0 saturated carbocycles. The molecule has 4 aliphatic heterocycles. The Morgan fingerprint density at radius 3 is 2.49 bits per heavy atom. The Labute approximate surface area is 344 Å². The molecule has 1 aromatic carbocycles. The van der Waals surface area contributed by atoms with Gasteiger partial charge in [-0.2, -0.15) is 0 Å². The molecule has 3 saturated heterocycles. The normalized spacial score (nSPS) is 34.9. The van der Waals surface area contributed by atoms with Crippen LogP contribution < -0.4 is 21.3 Å². The molecule has 0 radical (unpaired) electrons. The molecule has 20 nitrogen and oxygen atoms in total. The third-order valence-electron chi connectivity index (χ3n) is 10.9. The van der Waals surface area contributed by atoms with Gasteiger partial charge in [0.1, 0.15) is 59.6 Å². The van der Waals surface area contributed by atoms with Crippen molar-refractivity contribution in [1.29, 1.82) is 0 Å². The molecule has 0 aromatic heterocycles. The average molecular weight is 855 g/mol. The first-order valence-corrected chi connectivity index (χ1v) is 19.1. The molecule has 12 atom stereocenters. The minimum Gasteiger partial charge on any atom is -0.506 e. The summed E-state index contributed by atoms with van der Waals surface area (Å²) < 4.78 is 45.4. The zero-order valence-electron chi connectivity index (χ0n) is 33.5. The number of esters is 1. The number of hydrogen-bond donors (Lipinski definition) is 6. The number of phenols is 1. The Morgan fingerprint density at radius 1 is 1.15 bits per heavy atom. The number of aliphatic hydroxyl groups excluding tert-OH is 1. The third kappa shape index (κ3) is 9.86. The number of nitrogens with two attached hydrogens (primary N) is 1. The minimum absolute atomic E-state index is 0.148. The molecule has 4 heterocycles. The van der Waals surface area contributed by atoms with Crippen molar-refractivity contribution in [2.24, 2.45) is 11.7 Å². The first kappa shape index (κ1) is 45.4. The van der Waals surface area contributed by atoms with Gasteiger partial charge in [-0.15, -0.1) is 0 Å². The van der Waals surface area contributed by atoms with E-state index in [0.717, 1.165) is 11.8 Å². The highest BCUT2D eigenvalue weighted by Gasteiger charge is 2.65. The number of allylic oxidation sites excluding steroid dienone is 3. The van der Waals surface area contributed by atoms with Crippen molar-refractivity contribution >= 4 is 47.4 Å². The number of aliphatic hydroxyl groups is 2. The van der Waals surface area contributed by atoms with Crippen molar-refractivity contribution in [2.45, 2.75) is 113 Å². The van der Waals surface area contributed by atoms with Gasteiger partial charge in [0.15, 0.2) is 18.1 Å². The van der Waals surface area contributed by atoms with E-state index in [9.17, 15) is 34.5 Å². The molecular weight excluding hydrogens is 804 g/mol. The number of primary amides is 1. The van der Waals surface area contributed by atoms with Crippen LogP contribution >= 0.6 is 11.6 Å². The molecule has 59 heavy (non-hydrogen) atoms. The van der Waals surface area contributed by atoms with Crippen molar-refractivity contribution in [3.8, 4) is 5.75 Å². The molecule has 21 heteroatoms. The average Bonchev–Trinajstić information content (AvgIpc) is 3.86. The Hall–Kier alpha value is -4.70. The lowest BCUT2D eigenvalue weighted by Gasteiger charge is -2.47. The number of fused-ring (bicyclic) bond motifs is 5. The van der Waals surface area contributed by atoms with Crippen LogP contribution in [0.25, 0.3) is 0 Å². The van der Waals surface area contributed by atoms with Crippen LogP contribution in [-0.2, 0) is 53.9 Å². The molecular formula is C38H51ClN4O16. The van der Waals surface area contributed by atoms with Gasteiger partial charge in [-0.05, 0) is 38.0 Å². The summed E-state index contributed by atoms with van der Waals surface area (Å²) in [5, 5.41) is 39.3. The molecule has 5 rings (SSSR count). The standard InChI is InChI=1S/C38H51ClN4O16/c1-17-9-8-10-25(52-6)38(51)15-23(56-36(50)42-38)18(2)32-37(4,59-32)26(57-35(49)41-5)14-27(46)43(21-12-20(11-17)13-22(45)28(21)39)33-29(47)31(53-7)30(58-34(40)48)24(55-33)16-54-19(3)44/h8-10,12-13,18,23-26,29-33,45,47,51H,11,14-16H2,1-7H3,(H2,40,48)(H,41,49)(H,42,50)/t18-,23+,24+,25-,26+,29+,30+,31+,32+,33+,37+,38+/m1/s1. The fraction of sp³-hybridized carbons (Fsp3) is 0.605. The number of nitrogens with one attached hydrogen (secondary N) is 2. The van der Waals surface area contributed by atoms with Crippen molar-refractivity contribution < 1.29 is 77.2 Å². The number of ether oxygens (including phenoxy) is 8.